The van der Waals surface area contributed by atoms with Crippen LogP contribution in [0.5, 0.6) is 5.75 Å². The first-order chi connectivity index (χ1) is 15.1. The average Bonchev–Trinajstić information content (AvgIpc) is 3.45. The highest BCUT2D eigenvalue weighted by Gasteiger charge is 2.35. The van der Waals surface area contributed by atoms with Crippen LogP contribution in [0.1, 0.15) is 35.5 Å². The zero-order chi connectivity index (χ0) is 21.4. The van der Waals surface area contributed by atoms with Gasteiger partial charge in [-0.2, -0.15) is 9.78 Å². The molecule has 2 N–H and O–H groups in total. The molecule has 1 saturated heterocycles. The SMILES string of the molecule is COc1ccc(C2=Nn3c(nnc3C3CC(c4ccccc4)NN3)SC2N(C)C)cc1. The Balaban J connectivity index is 1.47. The Labute approximate surface area is 185 Å². The van der Waals surface area contributed by atoms with E-state index in [0.717, 1.165) is 34.4 Å². The number of hydrogen-bond donors (Lipinski definition) is 2. The van der Waals surface area contributed by atoms with Crippen molar-refractivity contribution in [1.82, 2.24) is 30.6 Å². The summed E-state index contributed by atoms with van der Waals surface area (Å²) in [6, 6.07) is 18.7. The van der Waals surface area contributed by atoms with Crippen LogP contribution < -0.4 is 15.6 Å². The lowest BCUT2D eigenvalue weighted by atomic mass is 10.0. The number of fused-ring (bicyclic) bond motifs is 1. The highest BCUT2D eigenvalue weighted by molar-refractivity contribution is 8.00. The van der Waals surface area contributed by atoms with Gasteiger partial charge >= 0.3 is 0 Å². The van der Waals surface area contributed by atoms with Crippen LogP contribution in [-0.2, 0) is 0 Å². The van der Waals surface area contributed by atoms with Gasteiger partial charge in [0.2, 0.25) is 5.16 Å². The Hall–Kier alpha value is -2.72. The molecule has 31 heavy (non-hydrogen) atoms. The van der Waals surface area contributed by atoms with Gasteiger partial charge in [0.05, 0.1) is 18.9 Å². The Bertz CT molecular complexity index is 1080. The topological polar surface area (TPSA) is 79.6 Å². The molecule has 0 spiro atoms. The molecule has 0 saturated carbocycles. The van der Waals surface area contributed by atoms with Gasteiger partial charge in [0.15, 0.2) is 5.82 Å². The van der Waals surface area contributed by atoms with Crippen molar-refractivity contribution in [3.05, 3.63) is 71.5 Å². The van der Waals surface area contributed by atoms with Crippen molar-refractivity contribution in [3.63, 3.8) is 0 Å². The summed E-state index contributed by atoms with van der Waals surface area (Å²) in [6.07, 6.45) is 0.872. The van der Waals surface area contributed by atoms with Gasteiger partial charge in [-0.1, -0.05) is 42.1 Å². The number of benzene rings is 2. The Kier molecular flexibility index (Phi) is 5.49. The summed E-state index contributed by atoms with van der Waals surface area (Å²) < 4.78 is 7.20. The maximum absolute atomic E-state index is 5.31. The average molecular weight is 436 g/mol. The highest BCUT2D eigenvalue weighted by atomic mass is 32.2. The molecule has 1 aromatic heterocycles. The van der Waals surface area contributed by atoms with E-state index in [0.29, 0.717) is 0 Å². The standard InChI is InChI=1S/C22H25N7OS/c1-28(2)21-19(15-9-11-16(30-3)12-10-15)27-29-20(25-26-22(29)31-21)18-13-17(23-24-18)14-7-5-4-6-8-14/h4-12,17-18,21,23-24H,13H2,1-3H3. The van der Waals surface area contributed by atoms with Crippen molar-refractivity contribution in [2.45, 2.75) is 29.0 Å². The van der Waals surface area contributed by atoms with E-state index in [1.807, 2.05) is 35.0 Å². The lowest BCUT2D eigenvalue weighted by Crippen LogP contribution is -2.37. The Morgan fingerprint density at radius 3 is 2.45 bits per heavy atom. The summed E-state index contributed by atoms with van der Waals surface area (Å²) in [5.74, 6) is 1.64. The number of ether oxygens (including phenoxy) is 1. The monoisotopic (exact) mass is 435 g/mol. The van der Waals surface area contributed by atoms with Crippen molar-refractivity contribution >= 4 is 17.5 Å². The maximum atomic E-state index is 5.31. The molecule has 0 radical (unpaired) electrons. The van der Waals surface area contributed by atoms with E-state index in [4.69, 9.17) is 9.84 Å². The molecule has 2 aliphatic rings. The maximum Gasteiger partial charge on any atom is 0.214 e. The molecule has 3 heterocycles. The van der Waals surface area contributed by atoms with Crippen molar-refractivity contribution in [1.29, 1.82) is 0 Å². The van der Waals surface area contributed by atoms with E-state index in [1.54, 1.807) is 18.9 Å². The van der Waals surface area contributed by atoms with E-state index in [-0.39, 0.29) is 17.5 Å². The first-order valence-corrected chi connectivity index (χ1v) is 11.1. The number of aromatic nitrogens is 3. The van der Waals surface area contributed by atoms with Crippen LogP contribution in [0.4, 0.5) is 0 Å². The number of nitrogens with zero attached hydrogens (tertiary/aromatic N) is 5. The number of nitrogens with one attached hydrogen (secondary N) is 2. The predicted octanol–water partition coefficient (Wildman–Crippen LogP) is 2.81. The van der Waals surface area contributed by atoms with Gasteiger partial charge in [-0.25, -0.2) is 10.9 Å². The molecule has 0 aliphatic carbocycles. The molecule has 5 rings (SSSR count). The highest BCUT2D eigenvalue weighted by Crippen LogP contribution is 2.36. The zero-order valence-electron chi connectivity index (χ0n) is 17.7. The number of likely N-dealkylation sites (N-methyl/N-ethyl adjacent to an activating group) is 1. The molecule has 0 bridgehead atoms. The second-order valence-corrected chi connectivity index (χ2v) is 8.89. The minimum Gasteiger partial charge on any atom is -0.497 e. The molecule has 3 aromatic rings. The van der Waals surface area contributed by atoms with Crippen LogP contribution >= 0.6 is 11.8 Å². The van der Waals surface area contributed by atoms with Crippen LogP contribution in [0, 0.1) is 0 Å². The zero-order valence-corrected chi connectivity index (χ0v) is 18.5. The molecule has 9 heteroatoms. The smallest absolute Gasteiger partial charge is 0.214 e. The van der Waals surface area contributed by atoms with Gasteiger partial charge < -0.3 is 4.74 Å². The van der Waals surface area contributed by atoms with Gasteiger partial charge in [-0.3, -0.25) is 4.90 Å². The fraction of sp³-hybridized carbons (Fsp3) is 0.318. The number of rotatable bonds is 5. The molecular formula is C22H25N7OS. The van der Waals surface area contributed by atoms with Crippen LogP contribution in [0.2, 0.25) is 0 Å². The summed E-state index contributed by atoms with van der Waals surface area (Å²) in [6.45, 7) is 0. The van der Waals surface area contributed by atoms with Gasteiger partial charge in [-0.05, 0) is 50.3 Å². The number of hydrogen-bond acceptors (Lipinski definition) is 8. The normalized spacial score (nSPS) is 23.0. The second kappa shape index (κ2) is 8.43. The minimum absolute atomic E-state index is 0.0174. The molecule has 2 aliphatic heterocycles. The fourth-order valence-electron chi connectivity index (χ4n) is 3.92. The predicted molar refractivity (Wildman–Crippen MR) is 121 cm³/mol. The third-order valence-electron chi connectivity index (χ3n) is 5.57. The van der Waals surface area contributed by atoms with E-state index in [9.17, 15) is 0 Å². The van der Waals surface area contributed by atoms with Gasteiger partial charge in [0.25, 0.3) is 0 Å². The van der Waals surface area contributed by atoms with Crippen LogP contribution in [-0.4, -0.2) is 52.1 Å². The number of hydrazine groups is 1. The molecule has 160 valence electrons. The number of thioether (sulfide) groups is 1. The van der Waals surface area contributed by atoms with Crippen LogP contribution in [0.25, 0.3) is 0 Å². The first-order valence-electron chi connectivity index (χ1n) is 10.2. The summed E-state index contributed by atoms with van der Waals surface area (Å²) in [7, 11) is 5.78. The summed E-state index contributed by atoms with van der Waals surface area (Å²) in [5, 5.41) is 14.8. The molecular weight excluding hydrogens is 410 g/mol. The van der Waals surface area contributed by atoms with E-state index < -0.39 is 0 Å². The summed E-state index contributed by atoms with van der Waals surface area (Å²) >= 11 is 1.66. The Morgan fingerprint density at radius 2 is 1.74 bits per heavy atom. The molecule has 2 aromatic carbocycles. The van der Waals surface area contributed by atoms with Crippen molar-refractivity contribution in [2.24, 2.45) is 5.10 Å². The molecule has 0 amide bonds. The van der Waals surface area contributed by atoms with E-state index >= 15 is 0 Å². The lowest BCUT2D eigenvalue weighted by molar-refractivity contribution is 0.414. The second-order valence-electron chi connectivity index (χ2n) is 7.84. The van der Waals surface area contributed by atoms with Crippen molar-refractivity contribution in [3.8, 4) is 5.75 Å². The van der Waals surface area contributed by atoms with Gasteiger partial charge in [0, 0.05) is 11.6 Å². The van der Waals surface area contributed by atoms with Gasteiger partial charge in [0.1, 0.15) is 11.1 Å². The molecule has 3 atom stereocenters. The van der Waals surface area contributed by atoms with Crippen LogP contribution in [0.3, 0.4) is 0 Å². The quantitative estimate of drug-likeness (QED) is 0.638. The molecule has 3 unspecified atom stereocenters. The lowest BCUT2D eigenvalue weighted by Gasteiger charge is -2.28. The number of methoxy groups -OCH3 is 1. The Morgan fingerprint density at radius 1 is 1.00 bits per heavy atom. The molecule has 8 nitrogen and oxygen atoms in total. The summed E-state index contributed by atoms with van der Waals surface area (Å²) in [5.41, 5.74) is 10.0. The summed E-state index contributed by atoms with van der Waals surface area (Å²) in [4.78, 5) is 2.15. The van der Waals surface area contributed by atoms with Crippen LogP contribution in [0.15, 0.2) is 64.9 Å². The fourth-order valence-corrected chi connectivity index (χ4v) is 4.94. The third kappa shape index (κ3) is 3.85. The van der Waals surface area contributed by atoms with E-state index in [2.05, 4.69) is 64.3 Å². The largest absolute Gasteiger partial charge is 0.497 e. The van der Waals surface area contributed by atoms with Gasteiger partial charge in [-0.15, -0.1) is 10.2 Å². The molecule has 1 fully saturated rings. The van der Waals surface area contributed by atoms with Crippen molar-refractivity contribution < 1.29 is 4.74 Å². The first kappa shape index (κ1) is 20.2. The van der Waals surface area contributed by atoms with Crippen molar-refractivity contribution in [2.75, 3.05) is 21.2 Å². The van der Waals surface area contributed by atoms with E-state index in [1.165, 1.54) is 5.56 Å². The minimum atomic E-state index is 0.0174. The third-order valence-corrected chi connectivity index (χ3v) is 6.90.